The highest BCUT2D eigenvalue weighted by molar-refractivity contribution is 7.99. The molecule has 1 aliphatic heterocycles. The molecule has 0 aliphatic carbocycles. The van der Waals surface area contributed by atoms with Crippen molar-refractivity contribution in [1.29, 1.82) is 0 Å². The molecule has 28 heavy (non-hydrogen) atoms. The quantitative estimate of drug-likeness (QED) is 0.161. The molecule has 1 unspecified atom stereocenters. The first-order valence-electron chi connectivity index (χ1n) is 9.01. The number of nitrogens with one attached hydrogen (secondary N) is 1. The van der Waals surface area contributed by atoms with Gasteiger partial charge in [-0.3, -0.25) is 4.79 Å². The Balaban J connectivity index is 2.61. The Morgan fingerprint density at radius 3 is 2.71 bits per heavy atom. The predicted molar refractivity (Wildman–Crippen MR) is 101 cm³/mol. The van der Waals surface area contributed by atoms with Crippen LogP contribution in [0.1, 0.15) is 13.3 Å². The van der Waals surface area contributed by atoms with Crippen molar-refractivity contribution in [3.05, 3.63) is 0 Å². The minimum absolute atomic E-state index is 0.0830. The van der Waals surface area contributed by atoms with Crippen LogP contribution in [0, 0.1) is 0 Å². The van der Waals surface area contributed by atoms with Crippen molar-refractivity contribution in [3.8, 4) is 0 Å². The van der Waals surface area contributed by atoms with E-state index in [0.29, 0.717) is 31.9 Å². The van der Waals surface area contributed by atoms with Crippen LogP contribution in [0.2, 0.25) is 0 Å². The molecule has 0 spiro atoms. The largest absolute Gasteiger partial charge is 0.394 e. The lowest BCUT2D eigenvalue weighted by molar-refractivity contribution is -0.208. The summed E-state index contributed by atoms with van der Waals surface area (Å²) in [5.74, 6) is 0.270. The van der Waals surface area contributed by atoms with E-state index in [9.17, 15) is 24.9 Å². The lowest BCUT2D eigenvalue weighted by Crippen LogP contribution is -2.65. The molecule has 1 rings (SSSR count). The molecule has 1 saturated heterocycles. The van der Waals surface area contributed by atoms with Gasteiger partial charge >= 0.3 is 0 Å². The van der Waals surface area contributed by atoms with Crippen LogP contribution in [0.3, 0.4) is 0 Å². The van der Waals surface area contributed by atoms with Crippen LogP contribution in [0.5, 0.6) is 0 Å². The van der Waals surface area contributed by atoms with Crippen molar-refractivity contribution in [2.24, 2.45) is 0 Å². The summed E-state index contributed by atoms with van der Waals surface area (Å²) < 4.78 is 15.7. The summed E-state index contributed by atoms with van der Waals surface area (Å²) in [6.07, 6.45) is -5.19. The maximum atomic E-state index is 12.2. The minimum atomic E-state index is -1.61. The fourth-order valence-corrected chi connectivity index (χ4v) is 3.46. The third-order valence-corrected chi connectivity index (χ3v) is 5.24. The fourth-order valence-electron chi connectivity index (χ4n) is 2.81. The lowest BCUT2D eigenvalue weighted by atomic mass is 9.85. The van der Waals surface area contributed by atoms with Gasteiger partial charge < -0.3 is 44.7 Å². The van der Waals surface area contributed by atoms with Crippen LogP contribution < -0.4 is 5.32 Å². The summed E-state index contributed by atoms with van der Waals surface area (Å²) in [4.78, 5) is 23.5. The topological polar surface area (TPSA) is 155 Å². The van der Waals surface area contributed by atoms with Gasteiger partial charge in [0, 0.05) is 19.3 Å². The number of methoxy groups -OCH3 is 1. The molecule has 0 radical (unpaired) electrons. The maximum absolute atomic E-state index is 12.2. The molecule has 1 fully saturated rings. The number of aliphatic hydroxyl groups is 4. The highest BCUT2D eigenvalue weighted by Crippen LogP contribution is 2.30. The minimum Gasteiger partial charge on any atom is -0.394 e. The summed E-state index contributed by atoms with van der Waals surface area (Å²) in [6, 6.07) is -1.05. The van der Waals surface area contributed by atoms with Gasteiger partial charge in [-0.1, -0.05) is 0 Å². The maximum Gasteiger partial charge on any atom is 0.230 e. The van der Waals surface area contributed by atoms with Crippen LogP contribution in [0.15, 0.2) is 0 Å². The van der Waals surface area contributed by atoms with Crippen molar-refractivity contribution in [2.75, 3.05) is 45.0 Å². The van der Waals surface area contributed by atoms with E-state index in [4.69, 9.17) is 19.3 Å². The van der Waals surface area contributed by atoms with E-state index in [1.165, 1.54) is 18.7 Å². The number of aldehydes is 1. The van der Waals surface area contributed by atoms with Crippen molar-refractivity contribution < 1.29 is 44.2 Å². The average molecular weight is 426 g/mol. The molecule has 164 valence electrons. The van der Waals surface area contributed by atoms with Gasteiger partial charge in [-0.15, -0.1) is 11.8 Å². The first kappa shape index (κ1) is 25.2. The van der Waals surface area contributed by atoms with E-state index >= 15 is 0 Å². The number of ether oxygens (including phenoxy) is 3. The number of rotatable bonds is 13. The summed E-state index contributed by atoms with van der Waals surface area (Å²) in [7, 11) is 1.58. The molecular formula is C17H31NO9S. The Kier molecular flexibility index (Phi) is 11.5. The van der Waals surface area contributed by atoms with Gasteiger partial charge in [0.1, 0.15) is 23.9 Å². The second-order valence-electron chi connectivity index (χ2n) is 6.78. The Morgan fingerprint density at radius 2 is 2.11 bits per heavy atom. The monoisotopic (exact) mass is 425 g/mol. The summed E-state index contributed by atoms with van der Waals surface area (Å²) in [6.45, 7) is 2.11. The average Bonchev–Trinajstić information content (AvgIpc) is 2.68. The highest BCUT2D eigenvalue weighted by atomic mass is 32.2. The van der Waals surface area contributed by atoms with E-state index in [1.54, 1.807) is 7.11 Å². The number of carbonyl (C=O) groups is 2. The molecule has 11 heteroatoms. The normalized spacial score (nSPS) is 29.9. The number of aliphatic hydroxyl groups excluding tert-OH is 4. The third kappa shape index (κ3) is 7.91. The van der Waals surface area contributed by atoms with Crippen molar-refractivity contribution in [2.45, 2.75) is 49.4 Å². The fraction of sp³-hybridized carbons (Fsp3) is 0.882. The SMILES string of the molecule is COCCOCCSCC(=O)N[C@H]1C([C@H](O)[C@H](O)CO)O[C@](C)(C=O)C[C@@H]1O. The molecule has 0 saturated carbocycles. The molecule has 0 aromatic heterocycles. The van der Waals surface area contributed by atoms with Gasteiger partial charge in [0.25, 0.3) is 0 Å². The van der Waals surface area contributed by atoms with E-state index in [1.807, 2.05) is 0 Å². The van der Waals surface area contributed by atoms with Crippen molar-refractivity contribution in [1.82, 2.24) is 5.32 Å². The molecule has 0 bridgehead atoms. The number of thioether (sulfide) groups is 1. The Labute approximate surface area is 168 Å². The summed E-state index contributed by atoms with van der Waals surface area (Å²) in [5.41, 5.74) is -1.38. The molecule has 10 nitrogen and oxygen atoms in total. The lowest BCUT2D eigenvalue weighted by Gasteiger charge is -2.45. The molecule has 0 aromatic carbocycles. The smallest absolute Gasteiger partial charge is 0.230 e. The van der Waals surface area contributed by atoms with Crippen LogP contribution in [0.4, 0.5) is 0 Å². The zero-order valence-electron chi connectivity index (χ0n) is 16.2. The van der Waals surface area contributed by atoms with E-state index in [2.05, 4.69) is 5.32 Å². The first-order chi connectivity index (χ1) is 13.3. The molecule has 5 N–H and O–H groups in total. The first-order valence-corrected chi connectivity index (χ1v) is 10.2. The predicted octanol–water partition coefficient (Wildman–Crippen LogP) is -2.31. The van der Waals surface area contributed by atoms with E-state index in [-0.39, 0.29) is 12.2 Å². The van der Waals surface area contributed by atoms with Gasteiger partial charge in [0.15, 0.2) is 6.29 Å². The Bertz CT molecular complexity index is 484. The molecule has 0 aromatic rings. The standard InChI is InChI=1S/C17H31NO9S/c1-17(10-20)7-11(21)14(16(27-17)15(24)12(22)8-19)18-13(23)9-28-6-5-26-4-3-25-2/h10-12,14-16,19,21-22,24H,3-9H2,1-2H3,(H,18,23)/t11-,12+,14+,15+,16?,17-/m0/s1. The summed E-state index contributed by atoms with van der Waals surface area (Å²) >= 11 is 1.33. The van der Waals surface area contributed by atoms with Gasteiger partial charge in [-0.25, -0.2) is 0 Å². The number of hydrogen-bond acceptors (Lipinski definition) is 10. The highest BCUT2D eigenvalue weighted by Gasteiger charge is 2.48. The van der Waals surface area contributed by atoms with Crippen LogP contribution >= 0.6 is 11.8 Å². The Hall–Kier alpha value is -0.790. The van der Waals surface area contributed by atoms with Gasteiger partial charge in [-0.05, 0) is 6.92 Å². The zero-order valence-corrected chi connectivity index (χ0v) is 17.0. The van der Waals surface area contributed by atoms with Gasteiger partial charge in [0.2, 0.25) is 5.91 Å². The van der Waals surface area contributed by atoms with Crippen molar-refractivity contribution >= 4 is 24.0 Å². The number of amides is 1. The zero-order chi connectivity index (χ0) is 21.2. The van der Waals surface area contributed by atoms with E-state index in [0.717, 1.165) is 0 Å². The van der Waals surface area contributed by atoms with Gasteiger partial charge in [-0.2, -0.15) is 0 Å². The Morgan fingerprint density at radius 1 is 1.39 bits per heavy atom. The molecular weight excluding hydrogens is 394 g/mol. The molecule has 6 atom stereocenters. The molecule has 1 amide bonds. The molecule has 1 heterocycles. The second-order valence-corrected chi connectivity index (χ2v) is 7.88. The van der Waals surface area contributed by atoms with Crippen LogP contribution in [-0.2, 0) is 23.8 Å². The van der Waals surface area contributed by atoms with Crippen LogP contribution in [-0.4, -0.2) is 114 Å². The number of carbonyl (C=O) groups excluding carboxylic acids is 2. The second kappa shape index (κ2) is 12.7. The van der Waals surface area contributed by atoms with E-state index < -0.39 is 48.6 Å². The van der Waals surface area contributed by atoms with Gasteiger partial charge in [0.05, 0.1) is 44.3 Å². The molecule has 1 aliphatic rings. The number of hydrogen-bond donors (Lipinski definition) is 5. The third-order valence-electron chi connectivity index (χ3n) is 4.32. The van der Waals surface area contributed by atoms with Crippen LogP contribution in [0.25, 0.3) is 0 Å². The van der Waals surface area contributed by atoms with Crippen molar-refractivity contribution in [3.63, 3.8) is 0 Å². The summed E-state index contributed by atoms with van der Waals surface area (Å²) in [5, 5.41) is 42.0.